The molecule has 2 rings (SSSR count). The van der Waals surface area contributed by atoms with Gasteiger partial charge in [0.05, 0.1) is 19.3 Å². The lowest BCUT2D eigenvalue weighted by Gasteiger charge is -2.12. The van der Waals surface area contributed by atoms with Crippen LogP contribution in [-0.2, 0) is 21.4 Å². The summed E-state index contributed by atoms with van der Waals surface area (Å²) in [5, 5.41) is 10.4. The molecule has 0 aromatic carbocycles. The number of guanidine groups is 1. The van der Waals surface area contributed by atoms with Gasteiger partial charge in [-0.15, -0.1) is 24.0 Å². The predicted molar refractivity (Wildman–Crippen MR) is 106 cm³/mol. The number of hydrogen-bond acceptors (Lipinski definition) is 6. The van der Waals surface area contributed by atoms with E-state index in [0.29, 0.717) is 24.2 Å². The van der Waals surface area contributed by atoms with E-state index in [1.807, 2.05) is 20.8 Å². The zero-order valence-electron chi connectivity index (χ0n) is 15.5. The lowest BCUT2D eigenvalue weighted by atomic mass is 9.97. The summed E-state index contributed by atoms with van der Waals surface area (Å²) in [6.45, 7) is 9.62. The fourth-order valence-electron chi connectivity index (χ4n) is 2.19. The van der Waals surface area contributed by atoms with Gasteiger partial charge in [0.15, 0.2) is 11.8 Å². The summed E-state index contributed by atoms with van der Waals surface area (Å²) in [4.78, 5) is 8.57. The second kappa shape index (κ2) is 10.9. The molecule has 2 N–H and O–H groups in total. The highest BCUT2D eigenvalue weighted by atomic mass is 127. The molecule has 8 nitrogen and oxygen atoms in total. The van der Waals surface area contributed by atoms with Gasteiger partial charge in [-0.05, 0) is 12.8 Å². The van der Waals surface area contributed by atoms with Gasteiger partial charge in [0.1, 0.15) is 0 Å². The Morgan fingerprint density at radius 3 is 2.76 bits per heavy atom. The molecule has 0 saturated carbocycles. The summed E-state index contributed by atoms with van der Waals surface area (Å²) in [7, 11) is 1.73. The molecule has 0 amide bonds. The van der Waals surface area contributed by atoms with Gasteiger partial charge >= 0.3 is 0 Å². The minimum atomic E-state index is -0.143. The molecule has 1 saturated heterocycles. The highest BCUT2D eigenvalue weighted by molar-refractivity contribution is 14.0. The zero-order valence-corrected chi connectivity index (χ0v) is 17.8. The standard InChI is InChI=1S/C16H29N5O3.HI/c1-16(2,3)14-20-13(21-24-14)10-19-15(17-4)18-7-5-8-23-12-6-9-22-11-12;/h12H,5-11H2,1-4H3,(H2,17,18,19);1H. The van der Waals surface area contributed by atoms with E-state index in [2.05, 4.69) is 25.8 Å². The molecule has 0 spiro atoms. The highest BCUT2D eigenvalue weighted by Crippen LogP contribution is 2.19. The van der Waals surface area contributed by atoms with Crippen molar-refractivity contribution < 1.29 is 14.0 Å². The second-order valence-corrected chi connectivity index (χ2v) is 6.83. The first-order chi connectivity index (χ1) is 11.5. The molecule has 9 heteroatoms. The molecule has 144 valence electrons. The third kappa shape index (κ3) is 7.87. The number of aromatic nitrogens is 2. The van der Waals surface area contributed by atoms with E-state index in [1.54, 1.807) is 7.05 Å². The minimum absolute atomic E-state index is 0. The molecule has 1 atom stereocenters. The van der Waals surface area contributed by atoms with E-state index in [0.717, 1.165) is 39.2 Å². The van der Waals surface area contributed by atoms with Gasteiger partial charge in [-0.25, -0.2) is 0 Å². The van der Waals surface area contributed by atoms with Gasteiger partial charge < -0.3 is 24.6 Å². The number of hydrogen-bond donors (Lipinski definition) is 2. The average molecular weight is 467 g/mol. The van der Waals surface area contributed by atoms with Crippen LogP contribution in [0.5, 0.6) is 0 Å². The number of aliphatic imine (C=N–C) groups is 1. The number of nitrogens with zero attached hydrogens (tertiary/aromatic N) is 3. The molecule has 25 heavy (non-hydrogen) atoms. The van der Waals surface area contributed by atoms with Crippen molar-refractivity contribution in [3.05, 3.63) is 11.7 Å². The van der Waals surface area contributed by atoms with Crippen molar-refractivity contribution >= 4 is 29.9 Å². The van der Waals surface area contributed by atoms with Crippen molar-refractivity contribution in [1.29, 1.82) is 0 Å². The molecule has 1 aliphatic rings. The topological polar surface area (TPSA) is 93.8 Å². The summed E-state index contributed by atoms with van der Waals surface area (Å²) < 4.78 is 16.3. The first-order valence-electron chi connectivity index (χ1n) is 8.46. The SMILES string of the molecule is CN=C(NCCCOC1CCOC1)NCc1noc(C(C)(C)C)n1.I. The van der Waals surface area contributed by atoms with E-state index < -0.39 is 0 Å². The third-order valence-electron chi connectivity index (χ3n) is 3.60. The lowest BCUT2D eigenvalue weighted by molar-refractivity contribution is 0.0420. The average Bonchev–Trinajstić information content (AvgIpc) is 3.20. The van der Waals surface area contributed by atoms with Crippen molar-refractivity contribution in [3.63, 3.8) is 0 Å². The molecule has 1 aromatic rings. The van der Waals surface area contributed by atoms with E-state index >= 15 is 0 Å². The highest BCUT2D eigenvalue weighted by Gasteiger charge is 2.21. The molecule has 0 aliphatic carbocycles. The van der Waals surface area contributed by atoms with Crippen LogP contribution in [0.25, 0.3) is 0 Å². The van der Waals surface area contributed by atoms with Crippen molar-refractivity contribution in [2.75, 3.05) is 33.4 Å². The molecule has 0 bridgehead atoms. The predicted octanol–water partition coefficient (Wildman–Crippen LogP) is 1.85. The third-order valence-corrected chi connectivity index (χ3v) is 3.60. The van der Waals surface area contributed by atoms with Crippen LogP contribution >= 0.6 is 24.0 Å². The van der Waals surface area contributed by atoms with Crippen LogP contribution in [-0.4, -0.2) is 55.6 Å². The summed E-state index contributed by atoms with van der Waals surface area (Å²) in [5.41, 5.74) is -0.143. The van der Waals surface area contributed by atoms with Gasteiger partial charge in [-0.2, -0.15) is 4.98 Å². The largest absolute Gasteiger partial charge is 0.379 e. The molecule has 2 heterocycles. The fraction of sp³-hybridized carbons (Fsp3) is 0.812. The number of halogens is 1. The van der Waals surface area contributed by atoms with Gasteiger partial charge in [-0.1, -0.05) is 25.9 Å². The first-order valence-corrected chi connectivity index (χ1v) is 8.46. The zero-order chi connectivity index (χ0) is 17.4. The van der Waals surface area contributed by atoms with Crippen molar-refractivity contribution in [2.45, 2.75) is 51.7 Å². The van der Waals surface area contributed by atoms with E-state index in [1.165, 1.54) is 0 Å². The maximum Gasteiger partial charge on any atom is 0.232 e. The van der Waals surface area contributed by atoms with E-state index in [4.69, 9.17) is 14.0 Å². The van der Waals surface area contributed by atoms with Crippen LogP contribution in [0.2, 0.25) is 0 Å². The van der Waals surface area contributed by atoms with E-state index in [-0.39, 0.29) is 35.5 Å². The summed E-state index contributed by atoms with van der Waals surface area (Å²) >= 11 is 0. The maximum atomic E-state index is 5.72. The van der Waals surface area contributed by atoms with Crippen LogP contribution in [0.15, 0.2) is 9.52 Å². The Morgan fingerprint density at radius 1 is 1.36 bits per heavy atom. The maximum absolute atomic E-state index is 5.72. The summed E-state index contributed by atoms with van der Waals surface area (Å²) in [6, 6.07) is 0. The quantitative estimate of drug-likeness (QED) is 0.274. The lowest BCUT2D eigenvalue weighted by Crippen LogP contribution is -2.38. The first kappa shape index (κ1) is 22.1. The number of rotatable bonds is 7. The molecule has 1 aromatic heterocycles. The Hall–Kier alpha value is -0.940. The monoisotopic (exact) mass is 467 g/mol. The van der Waals surface area contributed by atoms with Crippen molar-refractivity contribution in [3.8, 4) is 0 Å². The Labute approximate surface area is 166 Å². The van der Waals surface area contributed by atoms with Crippen molar-refractivity contribution in [2.24, 2.45) is 4.99 Å². The molecular weight excluding hydrogens is 437 g/mol. The normalized spacial score (nSPS) is 18.1. The Balaban J connectivity index is 0.00000312. The minimum Gasteiger partial charge on any atom is -0.379 e. The van der Waals surface area contributed by atoms with Crippen LogP contribution < -0.4 is 10.6 Å². The molecule has 0 radical (unpaired) electrons. The van der Waals surface area contributed by atoms with Gasteiger partial charge in [0.25, 0.3) is 0 Å². The Morgan fingerprint density at radius 2 is 2.16 bits per heavy atom. The van der Waals surface area contributed by atoms with Crippen LogP contribution in [0.4, 0.5) is 0 Å². The number of nitrogens with one attached hydrogen (secondary N) is 2. The van der Waals surface area contributed by atoms with Crippen molar-refractivity contribution in [1.82, 2.24) is 20.8 Å². The van der Waals surface area contributed by atoms with Gasteiger partial charge in [0.2, 0.25) is 5.89 Å². The molecule has 1 unspecified atom stereocenters. The van der Waals surface area contributed by atoms with Gasteiger partial charge in [0, 0.05) is 32.2 Å². The Kier molecular flexibility index (Phi) is 9.65. The smallest absolute Gasteiger partial charge is 0.232 e. The molecule has 1 aliphatic heterocycles. The van der Waals surface area contributed by atoms with Gasteiger partial charge in [-0.3, -0.25) is 4.99 Å². The van der Waals surface area contributed by atoms with Crippen LogP contribution in [0, 0.1) is 0 Å². The second-order valence-electron chi connectivity index (χ2n) is 6.83. The number of ether oxygens (including phenoxy) is 2. The van der Waals surface area contributed by atoms with Crippen LogP contribution in [0.1, 0.15) is 45.3 Å². The van der Waals surface area contributed by atoms with Crippen LogP contribution in [0.3, 0.4) is 0 Å². The Bertz CT molecular complexity index is 524. The van der Waals surface area contributed by atoms with E-state index in [9.17, 15) is 0 Å². The summed E-state index contributed by atoms with van der Waals surface area (Å²) in [5.74, 6) is 1.96. The summed E-state index contributed by atoms with van der Waals surface area (Å²) in [6.07, 6.45) is 2.17. The molecule has 1 fully saturated rings. The molecular formula is C16H30IN5O3. The fourth-order valence-corrected chi connectivity index (χ4v) is 2.19.